The molecule has 5 nitrogen and oxygen atoms in total. The van der Waals surface area contributed by atoms with Crippen LogP contribution in [-0.4, -0.2) is 44.0 Å². The molecule has 0 aromatic carbocycles. The first-order chi connectivity index (χ1) is 12.4. The van der Waals surface area contributed by atoms with E-state index >= 15 is 0 Å². The molecule has 1 spiro atoms. The molecule has 5 heteroatoms. The Morgan fingerprint density at radius 2 is 1.96 bits per heavy atom. The first-order valence-electron chi connectivity index (χ1n) is 9.88. The molecule has 1 amide bonds. The van der Waals surface area contributed by atoms with Crippen molar-refractivity contribution in [2.75, 3.05) is 13.1 Å². The van der Waals surface area contributed by atoms with Crippen molar-refractivity contribution < 1.29 is 9.90 Å². The number of fused-ring (bicyclic) bond motifs is 1. The van der Waals surface area contributed by atoms with E-state index in [0.29, 0.717) is 24.2 Å². The highest BCUT2D eigenvalue weighted by Gasteiger charge is 2.51. The molecule has 0 atom stereocenters. The molecule has 3 aliphatic rings. The number of aromatic nitrogens is 2. The van der Waals surface area contributed by atoms with Gasteiger partial charge in [0.25, 0.3) is 0 Å². The minimum Gasteiger partial charge on any atom is -0.390 e. The van der Waals surface area contributed by atoms with E-state index in [1.54, 1.807) is 0 Å². The molecular formula is C21H27N3O2. The standard InChI is InChI=1S/C21H27N3O2/c1-20(26)10-16(11-20)19(25)24-13-21(14-24)7-5-15(6-8-21)17-12-23-9-3-2-4-18(23)22-17/h2-4,9,12,15-16,26H,5-8,10-11,13-14H2,1H3/t16-,20+. The summed E-state index contributed by atoms with van der Waals surface area (Å²) in [5.74, 6) is 0.869. The predicted octanol–water partition coefficient (Wildman–Crippen LogP) is 2.98. The number of carbonyl (C=O) groups excluding carboxylic acids is 1. The molecule has 2 saturated carbocycles. The van der Waals surface area contributed by atoms with Crippen LogP contribution in [0.2, 0.25) is 0 Å². The summed E-state index contributed by atoms with van der Waals surface area (Å²) in [5, 5.41) is 9.86. The Bertz CT molecular complexity index is 799. The zero-order chi connectivity index (χ0) is 17.9. The van der Waals surface area contributed by atoms with Gasteiger partial charge in [0.05, 0.1) is 11.3 Å². The summed E-state index contributed by atoms with van der Waals surface area (Å²) in [6, 6.07) is 6.13. The summed E-state index contributed by atoms with van der Waals surface area (Å²) in [4.78, 5) is 19.3. The largest absolute Gasteiger partial charge is 0.390 e. The van der Waals surface area contributed by atoms with E-state index in [4.69, 9.17) is 4.98 Å². The molecule has 0 radical (unpaired) electrons. The van der Waals surface area contributed by atoms with Gasteiger partial charge in [-0.25, -0.2) is 4.98 Å². The molecule has 138 valence electrons. The van der Waals surface area contributed by atoms with E-state index in [2.05, 4.69) is 22.9 Å². The molecular weight excluding hydrogens is 326 g/mol. The second-order valence-corrected chi connectivity index (χ2v) is 9.20. The van der Waals surface area contributed by atoms with Crippen molar-refractivity contribution >= 4 is 11.6 Å². The van der Waals surface area contributed by atoms with Crippen molar-refractivity contribution in [2.24, 2.45) is 11.3 Å². The molecule has 26 heavy (non-hydrogen) atoms. The predicted molar refractivity (Wildman–Crippen MR) is 98.8 cm³/mol. The molecule has 2 aliphatic carbocycles. The van der Waals surface area contributed by atoms with E-state index < -0.39 is 5.60 Å². The van der Waals surface area contributed by atoms with E-state index in [1.807, 2.05) is 24.0 Å². The highest BCUT2D eigenvalue weighted by molar-refractivity contribution is 5.81. The Morgan fingerprint density at radius 1 is 1.23 bits per heavy atom. The van der Waals surface area contributed by atoms with Crippen molar-refractivity contribution in [2.45, 2.75) is 57.0 Å². The summed E-state index contributed by atoms with van der Waals surface area (Å²) >= 11 is 0. The molecule has 5 rings (SSSR count). The van der Waals surface area contributed by atoms with Crippen LogP contribution in [0.4, 0.5) is 0 Å². The third-order valence-electron chi connectivity index (χ3n) is 6.93. The van der Waals surface area contributed by atoms with Crippen LogP contribution in [0.5, 0.6) is 0 Å². The third-order valence-corrected chi connectivity index (χ3v) is 6.93. The zero-order valence-electron chi connectivity index (χ0n) is 15.4. The van der Waals surface area contributed by atoms with Gasteiger partial charge in [0, 0.05) is 42.7 Å². The van der Waals surface area contributed by atoms with Gasteiger partial charge in [0.2, 0.25) is 5.91 Å². The fourth-order valence-electron chi connectivity index (χ4n) is 5.35. The molecule has 1 N–H and O–H groups in total. The van der Waals surface area contributed by atoms with Gasteiger partial charge >= 0.3 is 0 Å². The van der Waals surface area contributed by atoms with E-state index in [-0.39, 0.29) is 11.8 Å². The van der Waals surface area contributed by atoms with Crippen LogP contribution in [0.3, 0.4) is 0 Å². The van der Waals surface area contributed by atoms with Crippen molar-refractivity contribution in [1.82, 2.24) is 14.3 Å². The van der Waals surface area contributed by atoms with E-state index in [0.717, 1.165) is 18.7 Å². The van der Waals surface area contributed by atoms with Gasteiger partial charge < -0.3 is 14.4 Å². The quantitative estimate of drug-likeness (QED) is 0.903. The van der Waals surface area contributed by atoms with E-state index in [1.165, 1.54) is 31.4 Å². The van der Waals surface area contributed by atoms with Crippen LogP contribution < -0.4 is 0 Å². The second kappa shape index (κ2) is 5.56. The summed E-state index contributed by atoms with van der Waals surface area (Å²) in [5.41, 5.74) is 1.97. The maximum atomic E-state index is 12.5. The number of carbonyl (C=O) groups is 1. The maximum Gasteiger partial charge on any atom is 0.225 e. The van der Waals surface area contributed by atoms with Gasteiger partial charge in [-0.2, -0.15) is 0 Å². The van der Waals surface area contributed by atoms with Gasteiger partial charge in [0.15, 0.2) is 0 Å². The molecule has 2 aromatic rings. The first kappa shape index (κ1) is 16.3. The number of hydrogen-bond donors (Lipinski definition) is 1. The van der Waals surface area contributed by atoms with Crippen LogP contribution in [0.1, 0.15) is 57.1 Å². The van der Waals surface area contributed by atoms with Crippen molar-refractivity contribution in [3.05, 3.63) is 36.3 Å². The molecule has 1 saturated heterocycles. The van der Waals surface area contributed by atoms with Crippen LogP contribution in [-0.2, 0) is 4.79 Å². The maximum absolute atomic E-state index is 12.5. The number of pyridine rings is 1. The number of imidazole rings is 1. The number of hydrogen-bond acceptors (Lipinski definition) is 3. The second-order valence-electron chi connectivity index (χ2n) is 9.20. The van der Waals surface area contributed by atoms with Crippen LogP contribution in [0, 0.1) is 11.3 Å². The Kier molecular flexibility index (Phi) is 3.48. The van der Waals surface area contributed by atoms with Gasteiger partial charge in [0.1, 0.15) is 5.65 Å². The average molecular weight is 353 g/mol. The van der Waals surface area contributed by atoms with E-state index in [9.17, 15) is 9.90 Å². The summed E-state index contributed by atoms with van der Waals surface area (Å²) < 4.78 is 2.11. The third kappa shape index (κ3) is 2.64. The minimum atomic E-state index is -0.616. The fourth-order valence-corrected chi connectivity index (χ4v) is 5.35. The lowest BCUT2D eigenvalue weighted by molar-refractivity contribution is -0.163. The number of aliphatic hydroxyl groups is 1. The molecule has 1 aliphatic heterocycles. The molecule has 3 heterocycles. The van der Waals surface area contributed by atoms with Crippen molar-refractivity contribution in [3.8, 4) is 0 Å². The molecule has 0 bridgehead atoms. The molecule has 3 fully saturated rings. The normalized spacial score (nSPS) is 31.0. The minimum absolute atomic E-state index is 0.0525. The van der Waals surface area contributed by atoms with Gasteiger partial charge in [-0.1, -0.05) is 6.07 Å². The number of likely N-dealkylation sites (tertiary alicyclic amines) is 1. The summed E-state index contributed by atoms with van der Waals surface area (Å²) in [7, 11) is 0. The number of nitrogens with zero attached hydrogens (tertiary/aromatic N) is 3. The SMILES string of the molecule is C[C@]1(O)C[C@@H](C(=O)N2CC3(CCC(c4cn5ccccc5n4)CC3)C2)C1. The lowest BCUT2D eigenvalue weighted by atomic mass is 9.64. The monoisotopic (exact) mass is 353 g/mol. The molecule has 0 unspecified atom stereocenters. The van der Waals surface area contributed by atoms with Crippen molar-refractivity contribution in [3.63, 3.8) is 0 Å². The highest BCUT2D eigenvalue weighted by atomic mass is 16.3. The Hall–Kier alpha value is -1.88. The van der Waals surface area contributed by atoms with Crippen LogP contribution in [0.25, 0.3) is 5.65 Å². The Balaban J connectivity index is 1.17. The highest BCUT2D eigenvalue weighted by Crippen LogP contribution is 2.49. The lowest BCUT2D eigenvalue weighted by Crippen LogP contribution is -2.62. The van der Waals surface area contributed by atoms with Gasteiger partial charge in [-0.15, -0.1) is 0 Å². The Labute approximate surface area is 154 Å². The van der Waals surface area contributed by atoms with Crippen LogP contribution >= 0.6 is 0 Å². The zero-order valence-corrected chi connectivity index (χ0v) is 15.4. The summed E-state index contributed by atoms with van der Waals surface area (Å²) in [6.45, 7) is 3.67. The lowest BCUT2D eigenvalue weighted by Gasteiger charge is -2.55. The summed E-state index contributed by atoms with van der Waals surface area (Å²) in [6.07, 6.45) is 10.2. The Morgan fingerprint density at radius 3 is 2.62 bits per heavy atom. The molecule has 2 aromatic heterocycles. The number of amides is 1. The first-order valence-corrected chi connectivity index (χ1v) is 9.88. The van der Waals surface area contributed by atoms with Crippen molar-refractivity contribution in [1.29, 1.82) is 0 Å². The average Bonchev–Trinajstić information content (AvgIpc) is 3.01. The fraction of sp³-hybridized carbons (Fsp3) is 0.619. The van der Waals surface area contributed by atoms with Gasteiger partial charge in [-0.3, -0.25) is 4.79 Å². The number of rotatable bonds is 2. The van der Waals surface area contributed by atoms with Gasteiger partial charge in [-0.05, 0) is 57.6 Å². The topological polar surface area (TPSA) is 57.8 Å². The van der Waals surface area contributed by atoms with Crippen LogP contribution in [0.15, 0.2) is 30.6 Å². The smallest absolute Gasteiger partial charge is 0.225 e.